The Morgan fingerprint density at radius 2 is 1.58 bits per heavy atom. The topological polar surface area (TPSA) is 72.5 Å². The number of benzene rings is 2. The fraction of sp³-hybridized carbons (Fsp3) is 0.211. The molecule has 0 saturated carbocycles. The molecule has 5 nitrogen and oxygen atoms in total. The van der Waals surface area contributed by atoms with Crippen molar-refractivity contribution in [1.29, 1.82) is 0 Å². The lowest BCUT2D eigenvalue weighted by Gasteiger charge is -2.07. The highest BCUT2D eigenvalue weighted by Crippen LogP contribution is 2.17. The second-order valence-electron chi connectivity index (χ2n) is 5.37. The van der Waals surface area contributed by atoms with Gasteiger partial charge in [0.05, 0.1) is 0 Å². The van der Waals surface area contributed by atoms with Crippen molar-refractivity contribution in [3.8, 4) is 5.75 Å². The van der Waals surface area contributed by atoms with E-state index >= 15 is 0 Å². The Morgan fingerprint density at radius 1 is 0.917 bits per heavy atom. The molecule has 0 aromatic heterocycles. The molecule has 0 unspecified atom stereocenters. The second-order valence-corrected chi connectivity index (χ2v) is 5.37. The van der Waals surface area contributed by atoms with Crippen molar-refractivity contribution >= 4 is 23.3 Å². The molecule has 24 heavy (non-hydrogen) atoms. The minimum absolute atomic E-state index is 0.0568. The van der Waals surface area contributed by atoms with Crippen molar-refractivity contribution in [2.45, 2.75) is 26.2 Å². The summed E-state index contributed by atoms with van der Waals surface area (Å²) in [6.45, 7) is 1.49. The monoisotopic (exact) mass is 325 g/mol. The van der Waals surface area contributed by atoms with Gasteiger partial charge in [-0.05, 0) is 49.7 Å². The number of esters is 1. The van der Waals surface area contributed by atoms with Gasteiger partial charge in [-0.25, -0.2) is 0 Å². The number of ketones is 1. The van der Waals surface area contributed by atoms with Gasteiger partial charge in [0.2, 0.25) is 0 Å². The minimum Gasteiger partial charge on any atom is -0.427 e. The number of Topliss-reactive ketones (excluding diaryl/α,β-unsaturated/α-hetero) is 1. The Bertz CT molecular complexity index is 708. The van der Waals surface area contributed by atoms with E-state index in [0.29, 0.717) is 29.8 Å². The molecule has 0 spiro atoms. The third-order valence-electron chi connectivity index (χ3n) is 3.29. The minimum atomic E-state index is -0.377. The Balaban J connectivity index is 1.85. The zero-order chi connectivity index (χ0) is 17.4. The average molecular weight is 325 g/mol. The van der Waals surface area contributed by atoms with Crippen LogP contribution in [-0.4, -0.2) is 17.7 Å². The van der Waals surface area contributed by atoms with Gasteiger partial charge in [0.1, 0.15) is 11.5 Å². The van der Waals surface area contributed by atoms with Crippen LogP contribution in [0.4, 0.5) is 5.69 Å². The number of carbonyl (C=O) groups excluding carboxylic acids is 3. The van der Waals surface area contributed by atoms with Crippen LogP contribution in [0.5, 0.6) is 5.75 Å². The van der Waals surface area contributed by atoms with Gasteiger partial charge >= 0.3 is 5.97 Å². The predicted octanol–water partition coefficient (Wildman–Crippen LogP) is 3.60. The molecule has 0 radical (unpaired) electrons. The molecular weight excluding hydrogens is 306 g/mol. The van der Waals surface area contributed by atoms with E-state index in [1.165, 1.54) is 6.92 Å². The number of nitrogens with one attached hydrogen (secondary N) is 1. The third-order valence-corrected chi connectivity index (χ3v) is 3.29. The average Bonchev–Trinajstić information content (AvgIpc) is 2.57. The first kappa shape index (κ1) is 17.4. The predicted molar refractivity (Wildman–Crippen MR) is 91.0 cm³/mol. The fourth-order valence-corrected chi connectivity index (χ4v) is 2.06. The van der Waals surface area contributed by atoms with Crippen LogP contribution in [0.1, 0.15) is 36.5 Å². The van der Waals surface area contributed by atoms with Gasteiger partial charge in [-0.2, -0.15) is 0 Å². The first-order valence-electron chi connectivity index (χ1n) is 7.71. The summed E-state index contributed by atoms with van der Waals surface area (Å²) in [6.07, 6.45) is 1.06. The SMILES string of the molecule is CC(=O)CCCC(=O)Oc1ccc(NC(=O)c2ccccc2)cc1. The molecular formula is C19H19NO4. The maximum absolute atomic E-state index is 12.0. The molecule has 0 heterocycles. The normalized spacial score (nSPS) is 10.0. The first-order valence-corrected chi connectivity index (χ1v) is 7.71. The standard InChI is InChI=1S/C19H19NO4/c1-14(21)6-5-9-18(22)24-17-12-10-16(11-13-17)20-19(23)15-7-3-2-4-8-15/h2-4,7-8,10-13H,5-6,9H2,1H3,(H,20,23). The molecule has 0 bridgehead atoms. The summed E-state index contributed by atoms with van der Waals surface area (Å²) in [5.74, 6) is -0.122. The second kappa shape index (κ2) is 8.62. The Morgan fingerprint density at radius 3 is 2.21 bits per heavy atom. The summed E-state index contributed by atoms with van der Waals surface area (Å²) in [5.41, 5.74) is 1.18. The summed E-state index contributed by atoms with van der Waals surface area (Å²) in [6, 6.07) is 15.5. The van der Waals surface area contributed by atoms with Crippen LogP contribution in [0.15, 0.2) is 54.6 Å². The van der Waals surface area contributed by atoms with Crippen molar-refractivity contribution in [3.05, 3.63) is 60.2 Å². The molecule has 0 aliphatic rings. The van der Waals surface area contributed by atoms with Gasteiger partial charge in [-0.3, -0.25) is 9.59 Å². The largest absolute Gasteiger partial charge is 0.427 e. The van der Waals surface area contributed by atoms with Crippen molar-refractivity contribution in [2.24, 2.45) is 0 Å². The van der Waals surface area contributed by atoms with E-state index in [0.717, 1.165) is 0 Å². The van der Waals surface area contributed by atoms with Gasteiger partial charge < -0.3 is 14.8 Å². The molecule has 2 rings (SSSR count). The van der Waals surface area contributed by atoms with Gasteiger partial charge in [0.15, 0.2) is 0 Å². The Kier molecular flexibility index (Phi) is 6.25. The number of anilines is 1. The highest BCUT2D eigenvalue weighted by molar-refractivity contribution is 6.04. The molecule has 0 atom stereocenters. The van der Waals surface area contributed by atoms with E-state index in [9.17, 15) is 14.4 Å². The third kappa shape index (κ3) is 5.68. The van der Waals surface area contributed by atoms with Gasteiger partial charge in [-0.1, -0.05) is 18.2 Å². The van der Waals surface area contributed by atoms with Crippen LogP contribution in [-0.2, 0) is 9.59 Å². The van der Waals surface area contributed by atoms with Crippen LogP contribution >= 0.6 is 0 Å². The van der Waals surface area contributed by atoms with Crippen molar-refractivity contribution in [2.75, 3.05) is 5.32 Å². The van der Waals surface area contributed by atoms with E-state index in [2.05, 4.69) is 5.32 Å². The Hall–Kier alpha value is -2.95. The smallest absolute Gasteiger partial charge is 0.311 e. The summed E-state index contributed by atoms with van der Waals surface area (Å²) in [4.78, 5) is 34.5. The first-order chi connectivity index (χ1) is 11.5. The molecule has 2 aromatic rings. The molecule has 0 aliphatic carbocycles. The van der Waals surface area contributed by atoms with Crippen LogP contribution < -0.4 is 10.1 Å². The van der Waals surface area contributed by atoms with Crippen LogP contribution in [0.25, 0.3) is 0 Å². The van der Waals surface area contributed by atoms with Crippen LogP contribution in [0.2, 0.25) is 0 Å². The number of carbonyl (C=O) groups is 3. The zero-order valence-electron chi connectivity index (χ0n) is 13.5. The lowest BCUT2D eigenvalue weighted by Crippen LogP contribution is -2.12. The molecule has 5 heteroatoms. The molecule has 1 amide bonds. The molecule has 1 N–H and O–H groups in total. The van der Waals surface area contributed by atoms with E-state index in [4.69, 9.17) is 4.74 Å². The molecule has 124 valence electrons. The maximum Gasteiger partial charge on any atom is 0.311 e. The molecule has 0 saturated heterocycles. The van der Waals surface area contributed by atoms with Crippen LogP contribution in [0, 0.1) is 0 Å². The van der Waals surface area contributed by atoms with Gasteiger partial charge in [-0.15, -0.1) is 0 Å². The molecule has 0 fully saturated rings. The lowest BCUT2D eigenvalue weighted by atomic mass is 10.2. The highest BCUT2D eigenvalue weighted by Gasteiger charge is 2.07. The number of hydrogen-bond acceptors (Lipinski definition) is 4. The number of hydrogen-bond donors (Lipinski definition) is 1. The number of amides is 1. The Labute approximate surface area is 140 Å². The fourth-order valence-electron chi connectivity index (χ4n) is 2.06. The van der Waals surface area contributed by atoms with E-state index in [1.807, 2.05) is 6.07 Å². The van der Waals surface area contributed by atoms with E-state index in [-0.39, 0.29) is 24.1 Å². The maximum atomic E-state index is 12.0. The van der Waals surface area contributed by atoms with Crippen molar-refractivity contribution in [1.82, 2.24) is 0 Å². The lowest BCUT2D eigenvalue weighted by molar-refractivity contribution is -0.134. The summed E-state index contributed by atoms with van der Waals surface area (Å²) >= 11 is 0. The number of ether oxygens (including phenoxy) is 1. The highest BCUT2D eigenvalue weighted by atomic mass is 16.5. The summed E-state index contributed by atoms with van der Waals surface area (Å²) < 4.78 is 5.18. The van der Waals surface area contributed by atoms with Crippen LogP contribution in [0.3, 0.4) is 0 Å². The van der Waals surface area contributed by atoms with Crippen molar-refractivity contribution < 1.29 is 19.1 Å². The van der Waals surface area contributed by atoms with Crippen molar-refractivity contribution in [3.63, 3.8) is 0 Å². The molecule has 0 aliphatic heterocycles. The van der Waals surface area contributed by atoms with E-state index < -0.39 is 0 Å². The van der Waals surface area contributed by atoms with Gasteiger partial charge in [0, 0.05) is 24.1 Å². The number of rotatable bonds is 7. The quantitative estimate of drug-likeness (QED) is 0.623. The van der Waals surface area contributed by atoms with Gasteiger partial charge in [0.25, 0.3) is 5.91 Å². The van der Waals surface area contributed by atoms with E-state index in [1.54, 1.807) is 48.5 Å². The summed E-state index contributed by atoms with van der Waals surface area (Å²) in [7, 11) is 0. The zero-order valence-corrected chi connectivity index (χ0v) is 13.5. The summed E-state index contributed by atoms with van der Waals surface area (Å²) in [5, 5.41) is 2.77. The molecule has 2 aromatic carbocycles.